The lowest BCUT2D eigenvalue weighted by Crippen LogP contribution is -2.41. The second-order valence-corrected chi connectivity index (χ2v) is 9.64. The Morgan fingerprint density at radius 1 is 1.26 bits per heavy atom. The van der Waals surface area contributed by atoms with E-state index in [0.29, 0.717) is 10.8 Å². The lowest BCUT2D eigenvalue weighted by Gasteiger charge is -2.31. The van der Waals surface area contributed by atoms with Gasteiger partial charge in [-0.2, -0.15) is 0 Å². The maximum absolute atomic E-state index is 12.4. The zero-order chi connectivity index (χ0) is 17.1. The molecule has 4 nitrogen and oxygen atoms in total. The molecule has 1 aliphatic heterocycles. The van der Waals surface area contributed by atoms with Crippen LogP contribution < -0.4 is 5.32 Å². The molecule has 2 rings (SSSR count). The van der Waals surface area contributed by atoms with Crippen molar-refractivity contribution < 1.29 is 13.2 Å². The van der Waals surface area contributed by atoms with Gasteiger partial charge in [0.1, 0.15) is 0 Å². The van der Waals surface area contributed by atoms with Gasteiger partial charge in [-0.3, -0.25) is 0 Å². The highest BCUT2D eigenvalue weighted by Crippen LogP contribution is 2.34. The third-order valence-corrected chi connectivity index (χ3v) is 6.30. The molecule has 0 aliphatic carbocycles. The van der Waals surface area contributed by atoms with E-state index in [0.717, 1.165) is 19.6 Å². The fourth-order valence-corrected chi connectivity index (χ4v) is 4.81. The molecule has 0 saturated carbocycles. The first-order valence-electron chi connectivity index (χ1n) is 8.33. The molecular formula is C18H29NO3S. The van der Waals surface area contributed by atoms with Crippen LogP contribution in [0.15, 0.2) is 35.2 Å². The van der Waals surface area contributed by atoms with E-state index in [-0.39, 0.29) is 23.3 Å². The van der Waals surface area contributed by atoms with Crippen LogP contribution in [0, 0.1) is 11.3 Å². The first kappa shape index (κ1) is 18.4. The normalized spacial score (nSPS) is 23.8. The molecule has 5 heteroatoms. The summed E-state index contributed by atoms with van der Waals surface area (Å²) in [7, 11) is -3.24. The van der Waals surface area contributed by atoms with Gasteiger partial charge in [0.2, 0.25) is 0 Å². The van der Waals surface area contributed by atoms with Crippen LogP contribution >= 0.6 is 0 Å². The Balaban J connectivity index is 1.89. The van der Waals surface area contributed by atoms with E-state index < -0.39 is 9.84 Å². The number of hydrogen-bond acceptors (Lipinski definition) is 4. The van der Waals surface area contributed by atoms with Crippen molar-refractivity contribution in [3.05, 3.63) is 30.3 Å². The van der Waals surface area contributed by atoms with Gasteiger partial charge >= 0.3 is 0 Å². The van der Waals surface area contributed by atoms with Crippen molar-refractivity contribution in [3.63, 3.8) is 0 Å². The first-order chi connectivity index (χ1) is 10.7. The van der Waals surface area contributed by atoms with Crippen LogP contribution in [0.5, 0.6) is 0 Å². The van der Waals surface area contributed by atoms with Crippen molar-refractivity contribution in [1.29, 1.82) is 0 Å². The molecule has 23 heavy (non-hydrogen) atoms. The highest BCUT2D eigenvalue weighted by atomic mass is 32.2. The second-order valence-electron chi connectivity index (χ2n) is 7.61. The van der Waals surface area contributed by atoms with E-state index in [1.807, 2.05) is 13.0 Å². The fourth-order valence-electron chi connectivity index (χ4n) is 3.26. The van der Waals surface area contributed by atoms with E-state index in [1.165, 1.54) is 0 Å². The molecule has 0 bridgehead atoms. The minimum absolute atomic E-state index is 0.0820. The Labute approximate surface area is 140 Å². The van der Waals surface area contributed by atoms with Gasteiger partial charge in [-0.05, 0) is 30.9 Å². The van der Waals surface area contributed by atoms with Crippen LogP contribution in [0.1, 0.15) is 34.1 Å². The van der Waals surface area contributed by atoms with E-state index in [4.69, 9.17) is 4.74 Å². The summed E-state index contributed by atoms with van der Waals surface area (Å²) >= 11 is 0. The standard InChI is InChI=1S/C18H29NO3S/c1-14(13-23(20,21)16-8-6-5-7-9-16)19-12-15-10-11-22-17(15)18(2,3)4/h5-9,14-15,17,19H,10-13H2,1-4H3/t14-,15+,17-/m0/s1. The Hall–Kier alpha value is -0.910. The summed E-state index contributed by atoms with van der Waals surface area (Å²) in [6, 6.07) is 8.57. The van der Waals surface area contributed by atoms with Gasteiger partial charge in [0.25, 0.3) is 0 Å². The number of nitrogens with one attached hydrogen (secondary N) is 1. The van der Waals surface area contributed by atoms with Crippen molar-refractivity contribution in [2.75, 3.05) is 18.9 Å². The molecule has 1 aromatic carbocycles. The fraction of sp³-hybridized carbons (Fsp3) is 0.667. The Morgan fingerprint density at radius 3 is 2.52 bits per heavy atom. The number of sulfone groups is 1. The average Bonchev–Trinajstić information content (AvgIpc) is 2.94. The third kappa shape index (κ3) is 5.03. The Morgan fingerprint density at radius 2 is 1.91 bits per heavy atom. The van der Waals surface area contributed by atoms with Gasteiger partial charge < -0.3 is 10.1 Å². The monoisotopic (exact) mass is 339 g/mol. The predicted octanol–water partition coefficient (Wildman–Crippen LogP) is 2.89. The molecule has 0 unspecified atom stereocenters. The summed E-state index contributed by atoms with van der Waals surface area (Å²) in [6.45, 7) is 10.1. The van der Waals surface area contributed by atoms with Gasteiger partial charge in [-0.15, -0.1) is 0 Å². The van der Waals surface area contributed by atoms with Crippen molar-refractivity contribution in [1.82, 2.24) is 5.32 Å². The summed E-state index contributed by atoms with van der Waals surface area (Å²) in [6.07, 6.45) is 1.26. The molecule has 0 radical (unpaired) electrons. The number of ether oxygens (including phenoxy) is 1. The van der Waals surface area contributed by atoms with Crippen LogP contribution in [0.3, 0.4) is 0 Å². The first-order valence-corrected chi connectivity index (χ1v) is 9.98. The van der Waals surface area contributed by atoms with Crippen molar-refractivity contribution in [3.8, 4) is 0 Å². The highest BCUT2D eigenvalue weighted by Gasteiger charge is 2.37. The molecule has 1 aliphatic rings. The summed E-state index contributed by atoms with van der Waals surface area (Å²) < 4.78 is 30.7. The molecule has 1 aromatic rings. The lowest BCUT2D eigenvalue weighted by atomic mass is 9.81. The molecule has 1 fully saturated rings. The van der Waals surface area contributed by atoms with Gasteiger partial charge in [0, 0.05) is 25.1 Å². The van der Waals surface area contributed by atoms with E-state index in [1.54, 1.807) is 24.3 Å². The molecule has 1 heterocycles. The van der Waals surface area contributed by atoms with E-state index in [2.05, 4.69) is 26.1 Å². The molecule has 0 spiro atoms. The highest BCUT2D eigenvalue weighted by molar-refractivity contribution is 7.91. The van der Waals surface area contributed by atoms with E-state index in [9.17, 15) is 8.42 Å². The van der Waals surface area contributed by atoms with Crippen molar-refractivity contribution >= 4 is 9.84 Å². The largest absolute Gasteiger partial charge is 0.377 e. The van der Waals surface area contributed by atoms with Crippen LogP contribution in [-0.2, 0) is 14.6 Å². The summed E-state index contributed by atoms with van der Waals surface area (Å²) in [5.74, 6) is 0.557. The Kier molecular flexibility index (Phi) is 5.87. The molecule has 0 amide bonds. The number of hydrogen-bond donors (Lipinski definition) is 1. The maximum Gasteiger partial charge on any atom is 0.179 e. The van der Waals surface area contributed by atoms with Gasteiger partial charge in [-0.25, -0.2) is 8.42 Å². The number of benzene rings is 1. The van der Waals surface area contributed by atoms with Crippen molar-refractivity contribution in [2.45, 2.75) is 51.2 Å². The lowest BCUT2D eigenvalue weighted by molar-refractivity contribution is 0.00698. The van der Waals surface area contributed by atoms with Gasteiger partial charge in [0.15, 0.2) is 9.84 Å². The minimum atomic E-state index is -3.24. The van der Waals surface area contributed by atoms with Crippen LogP contribution in [-0.4, -0.2) is 39.5 Å². The Bertz CT molecular complexity index is 592. The molecule has 130 valence electrons. The van der Waals surface area contributed by atoms with Crippen LogP contribution in [0.2, 0.25) is 0 Å². The number of rotatable bonds is 6. The summed E-state index contributed by atoms with van der Waals surface area (Å²) in [5.41, 5.74) is 0.113. The quantitative estimate of drug-likeness (QED) is 0.866. The topological polar surface area (TPSA) is 55.4 Å². The average molecular weight is 340 g/mol. The predicted molar refractivity (Wildman–Crippen MR) is 93.3 cm³/mol. The molecular weight excluding hydrogens is 310 g/mol. The van der Waals surface area contributed by atoms with Crippen LogP contribution in [0.4, 0.5) is 0 Å². The van der Waals surface area contributed by atoms with E-state index >= 15 is 0 Å². The zero-order valence-electron chi connectivity index (χ0n) is 14.6. The third-order valence-electron chi connectivity index (χ3n) is 4.37. The SMILES string of the molecule is C[C@@H](CS(=O)(=O)c1ccccc1)NC[C@H]1CCO[C@@H]1C(C)(C)C. The van der Waals surface area contributed by atoms with Crippen molar-refractivity contribution in [2.24, 2.45) is 11.3 Å². The summed E-state index contributed by atoms with van der Waals surface area (Å²) in [5, 5.41) is 3.39. The van der Waals surface area contributed by atoms with Gasteiger partial charge in [-0.1, -0.05) is 39.0 Å². The second kappa shape index (κ2) is 7.32. The summed E-state index contributed by atoms with van der Waals surface area (Å²) in [4.78, 5) is 0.394. The molecule has 0 aromatic heterocycles. The molecule has 1 N–H and O–H groups in total. The zero-order valence-corrected chi connectivity index (χ0v) is 15.4. The maximum atomic E-state index is 12.4. The molecule has 3 atom stereocenters. The van der Waals surface area contributed by atoms with Gasteiger partial charge in [0.05, 0.1) is 16.8 Å². The van der Waals surface area contributed by atoms with Crippen LogP contribution in [0.25, 0.3) is 0 Å². The minimum Gasteiger partial charge on any atom is -0.377 e. The molecule has 1 saturated heterocycles. The smallest absolute Gasteiger partial charge is 0.179 e.